The lowest BCUT2D eigenvalue weighted by Crippen LogP contribution is -2.30. The first-order valence-electron chi connectivity index (χ1n) is 15.5. The van der Waals surface area contributed by atoms with Crippen molar-refractivity contribution in [2.24, 2.45) is 0 Å². The van der Waals surface area contributed by atoms with Gasteiger partial charge in [-0.1, -0.05) is 78.9 Å². The van der Waals surface area contributed by atoms with E-state index in [1.54, 1.807) is 12.1 Å². The average Bonchev–Trinajstić information content (AvgIpc) is 3.08. The summed E-state index contributed by atoms with van der Waals surface area (Å²) < 4.78 is 25.5. The molecule has 5 rings (SSSR count). The topological polar surface area (TPSA) is 54.0 Å². The number of halogens is 1. The van der Waals surface area contributed by atoms with Gasteiger partial charge in [-0.05, 0) is 84.1 Å². The lowest BCUT2D eigenvalue weighted by Gasteiger charge is -2.26. The molecule has 2 N–H and O–H groups in total. The van der Waals surface area contributed by atoms with Gasteiger partial charge in [0.25, 0.3) is 0 Å². The summed E-state index contributed by atoms with van der Waals surface area (Å²) >= 11 is 0. The number of rotatable bonds is 16. The van der Waals surface area contributed by atoms with Gasteiger partial charge in [0, 0.05) is 36.6 Å². The number of nitrogens with zero attached hydrogens (tertiary/aromatic N) is 1. The van der Waals surface area contributed by atoms with Crippen LogP contribution >= 0.6 is 0 Å². The number of ether oxygens (including phenoxy) is 2. The van der Waals surface area contributed by atoms with Gasteiger partial charge in [0.2, 0.25) is 0 Å². The van der Waals surface area contributed by atoms with Crippen molar-refractivity contribution >= 4 is 11.4 Å². The smallest absolute Gasteiger partial charge is 0.125 e. The molecule has 5 aromatic rings. The summed E-state index contributed by atoms with van der Waals surface area (Å²) in [4.78, 5) is 2.25. The van der Waals surface area contributed by atoms with E-state index in [2.05, 4.69) is 46.6 Å². The number of anilines is 2. The molecule has 0 aliphatic carbocycles. The van der Waals surface area contributed by atoms with Crippen LogP contribution in [0.2, 0.25) is 0 Å². The molecule has 0 radical (unpaired) electrons. The number of aliphatic hydroxyl groups excluding tert-OH is 1. The second-order valence-electron chi connectivity index (χ2n) is 11.0. The van der Waals surface area contributed by atoms with Gasteiger partial charge >= 0.3 is 0 Å². The van der Waals surface area contributed by atoms with Crippen LogP contribution in [-0.4, -0.2) is 29.7 Å². The molecule has 232 valence electrons. The largest absolute Gasteiger partial charge is 0.494 e. The Morgan fingerprint density at radius 2 is 1.38 bits per heavy atom. The van der Waals surface area contributed by atoms with E-state index in [-0.39, 0.29) is 0 Å². The molecule has 0 spiro atoms. The van der Waals surface area contributed by atoms with Crippen LogP contribution in [0.3, 0.4) is 0 Å². The summed E-state index contributed by atoms with van der Waals surface area (Å²) in [7, 11) is 0. The van der Waals surface area contributed by atoms with Crippen molar-refractivity contribution in [1.29, 1.82) is 0 Å². The molecule has 5 nitrogen and oxygen atoms in total. The second-order valence-corrected chi connectivity index (χ2v) is 11.0. The molecule has 45 heavy (non-hydrogen) atoms. The fourth-order valence-corrected chi connectivity index (χ4v) is 5.22. The van der Waals surface area contributed by atoms with Gasteiger partial charge in [0.05, 0.1) is 12.7 Å². The van der Waals surface area contributed by atoms with Gasteiger partial charge in [-0.15, -0.1) is 0 Å². The van der Waals surface area contributed by atoms with Gasteiger partial charge in [0.15, 0.2) is 0 Å². The number of alkyl halides is 1. The summed E-state index contributed by atoms with van der Waals surface area (Å²) in [5.74, 6) is 1.36. The molecule has 5 aromatic carbocycles. The highest BCUT2D eigenvalue weighted by Gasteiger charge is 2.17. The van der Waals surface area contributed by atoms with E-state index in [0.717, 1.165) is 35.7 Å². The minimum Gasteiger partial charge on any atom is -0.494 e. The SMILES string of the molecule is CCOc1ccc(Nc2ccc(CCN(Cc3ccccc3)CC(O)c3ccc(OCc4ccccc4)c(CF)c3)cc2)cc1. The summed E-state index contributed by atoms with van der Waals surface area (Å²) in [6, 6.07) is 41.8. The minimum absolute atomic E-state index is 0.360. The maximum absolute atomic E-state index is 14.0. The molecule has 0 aliphatic rings. The van der Waals surface area contributed by atoms with E-state index in [9.17, 15) is 9.50 Å². The predicted molar refractivity (Wildman–Crippen MR) is 180 cm³/mol. The van der Waals surface area contributed by atoms with Gasteiger partial charge in [-0.25, -0.2) is 4.39 Å². The van der Waals surface area contributed by atoms with Crippen LogP contribution < -0.4 is 14.8 Å². The van der Waals surface area contributed by atoms with E-state index >= 15 is 0 Å². The standard InChI is InChI=1S/C39H41FN2O3/c1-2-44-37-20-18-36(19-21-37)41-35-16-13-30(14-17-35)23-24-42(27-31-9-5-3-6-10-31)28-38(43)33-15-22-39(34(25-33)26-40)45-29-32-11-7-4-8-12-32/h3-22,25,38,41,43H,2,23-24,26-29H2,1H3. The third-order valence-electron chi connectivity index (χ3n) is 7.66. The van der Waals surface area contributed by atoms with Gasteiger partial charge in [0.1, 0.15) is 24.8 Å². The molecule has 0 bridgehead atoms. The fourth-order valence-electron chi connectivity index (χ4n) is 5.22. The highest BCUT2D eigenvalue weighted by Crippen LogP contribution is 2.27. The molecule has 0 saturated heterocycles. The molecule has 0 amide bonds. The fraction of sp³-hybridized carbons (Fsp3) is 0.231. The molecular formula is C39H41FN2O3. The lowest BCUT2D eigenvalue weighted by atomic mass is 10.0. The van der Waals surface area contributed by atoms with E-state index in [0.29, 0.717) is 43.2 Å². The van der Waals surface area contributed by atoms with Crippen LogP contribution in [0.15, 0.2) is 127 Å². The van der Waals surface area contributed by atoms with Gasteiger partial charge in [-0.2, -0.15) is 0 Å². The Balaban J connectivity index is 1.21. The Labute approximate surface area is 265 Å². The van der Waals surface area contributed by atoms with Crippen LogP contribution in [0, 0.1) is 0 Å². The normalized spacial score (nSPS) is 11.7. The summed E-state index contributed by atoms with van der Waals surface area (Å²) in [6.07, 6.45) is 0.0492. The first-order valence-corrected chi connectivity index (χ1v) is 15.5. The highest BCUT2D eigenvalue weighted by atomic mass is 19.1. The van der Waals surface area contributed by atoms with Crippen molar-refractivity contribution in [3.05, 3.63) is 155 Å². The Hall–Kier alpha value is -4.65. The first-order chi connectivity index (χ1) is 22.1. The number of benzene rings is 5. The van der Waals surface area contributed by atoms with Crippen molar-refractivity contribution in [3.8, 4) is 11.5 Å². The zero-order chi connectivity index (χ0) is 31.3. The zero-order valence-electron chi connectivity index (χ0n) is 25.7. The number of nitrogens with one attached hydrogen (secondary N) is 1. The predicted octanol–water partition coefficient (Wildman–Crippen LogP) is 8.66. The summed E-state index contributed by atoms with van der Waals surface area (Å²) in [6.45, 7) is 4.19. The quantitative estimate of drug-likeness (QED) is 0.118. The van der Waals surface area contributed by atoms with Crippen molar-refractivity contribution < 1.29 is 19.0 Å². The van der Waals surface area contributed by atoms with Crippen molar-refractivity contribution in [3.63, 3.8) is 0 Å². The Morgan fingerprint density at radius 1 is 0.733 bits per heavy atom. The minimum atomic E-state index is -0.775. The van der Waals surface area contributed by atoms with Crippen LogP contribution in [0.1, 0.15) is 40.8 Å². The molecule has 0 aromatic heterocycles. The van der Waals surface area contributed by atoms with Crippen LogP contribution in [-0.2, 0) is 26.2 Å². The molecular weight excluding hydrogens is 563 g/mol. The average molecular weight is 605 g/mol. The van der Waals surface area contributed by atoms with Crippen molar-refractivity contribution in [2.45, 2.75) is 39.3 Å². The molecule has 0 aliphatic heterocycles. The summed E-state index contributed by atoms with van der Waals surface area (Å²) in [5, 5.41) is 14.7. The Bertz CT molecular complexity index is 1580. The molecule has 1 atom stereocenters. The van der Waals surface area contributed by atoms with E-state index in [1.807, 2.05) is 85.8 Å². The van der Waals surface area contributed by atoms with Crippen molar-refractivity contribution in [2.75, 3.05) is 25.0 Å². The van der Waals surface area contributed by atoms with E-state index in [4.69, 9.17) is 9.47 Å². The Kier molecular flexibility index (Phi) is 11.6. The second kappa shape index (κ2) is 16.4. The number of aliphatic hydroxyl groups is 1. The number of hydrogen-bond donors (Lipinski definition) is 2. The molecule has 0 saturated carbocycles. The van der Waals surface area contributed by atoms with E-state index < -0.39 is 12.8 Å². The van der Waals surface area contributed by atoms with Crippen LogP contribution in [0.4, 0.5) is 15.8 Å². The maximum atomic E-state index is 14.0. The van der Waals surface area contributed by atoms with Crippen molar-refractivity contribution in [1.82, 2.24) is 4.90 Å². The molecule has 0 heterocycles. The molecule has 0 fully saturated rings. The maximum Gasteiger partial charge on any atom is 0.125 e. The van der Waals surface area contributed by atoms with Gasteiger partial charge < -0.3 is 19.9 Å². The monoisotopic (exact) mass is 604 g/mol. The lowest BCUT2D eigenvalue weighted by molar-refractivity contribution is 0.109. The van der Waals surface area contributed by atoms with Crippen LogP contribution in [0.5, 0.6) is 11.5 Å². The zero-order valence-corrected chi connectivity index (χ0v) is 25.7. The highest BCUT2D eigenvalue weighted by molar-refractivity contribution is 5.60. The third kappa shape index (κ3) is 9.67. The molecule has 1 unspecified atom stereocenters. The summed E-state index contributed by atoms with van der Waals surface area (Å²) in [5.41, 5.74) is 6.53. The van der Waals surface area contributed by atoms with E-state index in [1.165, 1.54) is 11.1 Å². The van der Waals surface area contributed by atoms with Gasteiger partial charge in [-0.3, -0.25) is 4.90 Å². The first kappa shape index (κ1) is 31.8. The number of hydrogen-bond acceptors (Lipinski definition) is 5. The van der Waals surface area contributed by atoms with Crippen LogP contribution in [0.25, 0.3) is 0 Å². The Morgan fingerprint density at radius 3 is 2.02 bits per heavy atom. The third-order valence-corrected chi connectivity index (χ3v) is 7.66. The molecule has 6 heteroatoms.